The fraction of sp³-hybridized carbons (Fsp3) is 0.400. The molecular weight excluding hydrogens is 384 g/mol. The molecule has 1 saturated heterocycles. The van der Waals surface area contributed by atoms with Gasteiger partial charge in [-0.25, -0.2) is 4.79 Å². The predicted molar refractivity (Wildman–Crippen MR) is 106 cm³/mol. The minimum absolute atomic E-state index is 0.0243. The number of halogens is 1. The molecule has 0 bridgehead atoms. The zero-order chi connectivity index (χ0) is 19.8. The lowest BCUT2D eigenvalue weighted by atomic mass is 10.0. The molecule has 3 heterocycles. The van der Waals surface area contributed by atoms with Crippen molar-refractivity contribution in [3.05, 3.63) is 45.2 Å². The minimum atomic E-state index is -1.21. The molecule has 1 aromatic carbocycles. The molecule has 0 spiro atoms. The van der Waals surface area contributed by atoms with Crippen LogP contribution in [0.25, 0.3) is 11.3 Å². The molecule has 0 radical (unpaired) electrons. The first-order valence-electron chi connectivity index (χ1n) is 9.23. The van der Waals surface area contributed by atoms with Crippen molar-refractivity contribution in [3.63, 3.8) is 0 Å². The first kappa shape index (κ1) is 18.8. The molecule has 0 amide bonds. The maximum Gasteiger partial charge on any atom is 0.341 e. The quantitative estimate of drug-likeness (QED) is 0.743. The first-order chi connectivity index (χ1) is 13.5. The second-order valence-electron chi connectivity index (χ2n) is 6.96. The lowest BCUT2D eigenvalue weighted by molar-refractivity contribution is 0.0694. The van der Waals surface area contributed by atoms with Gasteiger partial charge in [0.15, 0.2) is 5.43 Å². The lowest BCUT2D eigenvalue weighted by Gasteiger charge is -2.37. The van der Waals surface area contributed by atoms with Crippen molar-refractivity contribution in [1.82, 2.24) is 4.57 Å². The van der Waals surface area contributed by atoms with E-state index in [1.165, 1.54) is 12.3 Å². The second-order valence-corrected chi connectivity index (χ2v) is 7.37. The van der Waals surface area contributed by atoms with Gasteiger partial charge in [-0.15, -0.1) is 0 Å². The van der Waals surface area contributed by atoms with Gasteiger partial charge in [0.05, 0.1) is 23.0 Å². The summed E-state index contributed by atoms with van der Waals surface area (Å²) in [5.41, 5.74) is 1.72. The Hall–Kier alpha value is -2.51. The highest BCUT2D eigenvalue weighted by atomic mass is 35.5. The molecule has 148 valence electrons. The van der Waals surface area contributed by atoms with Crippen molar-refractivity contribution in [2.75, 3.05) is 31.8 Å². The number of methoxy groups -OCH3 is 1. The van der Waals surface area contributed by atoms with Gasteiger partial charge in [0.1, 0.15) is 17.5 Å². The third-order valence-electron chi connectivity index (χ3n) is 5.24. The third kappa shape index (κ3) is 3.14. The number of fused-ring (bicyclic) bond motifs is 6. The van der Waals surface area contributed by atoms with E-state index in [9.17, 15) is 14.7 Å². The number of rotatable bonds is 6. The van der Waals surface area contributed by atoms with Crippen molar-refractivity contribution >= 4 is 23.3 Å². The van der Waals surface area contributed by atoms with Gasteiger partial charge >= 0.3 is 5.97 Å². The van der Waals surface area contributed by atoms with Crippen LogP contribution in [0.1, 0.15) is 35.8 Å². The van der Waals surface area contributed by atoms with Gasteiger partial charge in [-0.2, -0.15) is 0 Å². The van der Waals surface area contributed by atoms with E-state index >= 15 is 0 Å². The topological polar surface area (TPSA) is 81.0 Å². The van der Waals surface area contributed by atoms with Gasteiger partial charge in [0, 0.05) is 50.6 Å². The number of hydrogen-bond donors (Lipinski definition) is 1. The number of aromatic nitrogens is 1. The van der Waals surface area contributed by atoms with Gasteiger partial charge in [-0.3, -0.25) is 4.79 Å². The SMILES string of the molecule is COCCCOc1cc2c(cc1Cl)-c1cc(=O)c(C(=O)O)cn1C1CCCN21. The number of carboxylic acids is 1. The summed E-state index contributed by atoms with van der Waals surface area (Å²) in [5.74, 6) is -0.617. The smallest absolute Gasteiger partial charge is 0.341 e. The monoisotopic (exact) mass is 404 g/mol. The summed E-state index contributed by atoms with van der Waals surface area (Å²) in [6.07, 6.45) is 4.04. The number of nitrogens with zero attached hydrogens (tertiary/aromatic N) is 2. The minimum Gasteiger partial charge on any atom is -0.492 e. The Morgan fingerprint density at radius 3 is 2.89 bits per heavy atom. The van der Waals surface area contributed by atoms with Gasteiger partial charge < -0.3 is 24.0 Å². The number of hydrogen-bond acceptors (Lipinski definition) is 5. The van der Waals surface area contributed by atoms with E-state index in [0.717, 1.165) is 37.1 Å². The van der Waals surface area contributed by atoms with E-state index < -0.39 is 11.4 Å². The number of ether oxygens (including phenoxy) is 2. The summed E-state index contributed by atoms with van der Waals surface area (Å²) in [5, 5.41) is 9.78. The van der Waals surface area contributed by atoms with Crippen LogP contribution in [-0.4, -0.2) is 42.5 Å². The van der Waals surface area contributed by atoms with Crippen molar-refractivity contribution in [2.24, 2.45) is 0 Å². The molecule has 0 saturated carbocycles. The largest absolute Gasteiger partial charge is 0.492 e. The Labute approximate surface area is 167 Å². The molecule has 8 heteroatoms. The predicted octanol–water partition coefficient (Wildman–Crippen LogP) is 3.39. The number of anilines is 1. The van der Waals surface area contributed by atoms with Gasteiger partial charge in [0.2, 0.25) is 0 Å². The maximum atomic E-state index is 12.3. The third-order valence-corrected chi connectivity index (χ3v) is 5.53. The average molecular weight is 405 g/mol. The van der Waals surface area contributed by atoms with Crippen LogP contribution in [0.2, 0.25) is 5.02 Å². The molecule has 2 aliphatic rings. The molecule has 4 rings (SSSR count). The first-order valence-corrected chi connectivity index (χ1v) is 9.61. The van der Waals surface area contributed by atoms with Crippen LogP contribution in [0, 0.1) is 0 Å². The fourth-order valence-electron chi connectivity index (χ4n) is 3.97. The van der Waals surface area contributed by atoms with Crippen molar-refractivity contribution < 1.29 is 19.4 Å². The van der Waals surface area contributed by atoms with E-state index in [-0.39, 0.29) is 11.7 Å². The van der Waals surface area contributed by atoms with Crippen LogP contribution >= 0.6 is 11.6 Å². The van der Waals surface area contributed by atoms with Crippen LogP contribution in [-0.2, 0) is 4.74 Å². The summed E-state index contributed by atoms with van der Waals surface area (Å²) in [7, 11) is 1.65. The van der Waals surface area contributed by atoms with E-state index in [1.807, 2.05) is 10.6 Å². The molecule has 1 atom stereocenters. The second kappa shape index (κ2) is 7.48. The maximum absolute atomic E-state index is 12.3. The number of benzene rings is 1. The molecule has 1 fully saturated rings. The van der Waals surface area contributed by atoms with E-state index in [0.29, 0.717) is 29.7 Å². The van der Waals surface area contributed by atoms with Crippen LogP contribution in [0.5, 0.6) is 5.75 Å². The average Bonchev–Trinajstić information content (AvgIpc) is 3.15. The molecule has 1 N–H and O–H groups in total. The normalized spacial score (nSPS) is 17.1. The van der Waals surface area contributed by atoms with Gasteiger partial charge in [-0.05, 0) is 18.9 Å². The van der Waals surface area contributed by atoms with E-state index in [4.69, 9.17) is 21.1 Å². The Balaban J connectivity index is 1.80. The number of pyridine rings is 1. The summed E-state index contributed by atoms with van der Waals surface area (Å²) in [6.45, 7) is 1.95. The van der Waals surface area contributed by atoms with Gasteiger partial charge in [0.25, 0.3) is 0 Å². The molecule has 0 aliphatic carbocycles. The number of carbonyl (C=O) groups is 1. The van der Waals surface area contributed by atoms with Crippen LogP contribution in [0.3, 0.4) is 0 Å². The molecule has 7 nitrogen and oxygen atoms in total. The van der Waals surface area contributed by atoms with E-state index in [2.05, 4.69) is 4.90 Å². The Morgan fingerprint density at radius 1 is 1.32 bits per heavy atom. The summed E-state index contributed by atoms with van der Waals surface area (Å²) in [4.78, 5) is 25.9. The van der Waals surface area contributed by atoms with Crippen LogP contribution in [0.4, 0.5) is 5.69 Å². The number of aromatic carboxylic acids is 1. The van der Waals surface area contributed by atoms with E-state index in [1.54, 1.807) is 13.2 Å². The van der Waals surface area contributed by atoms with Gasteiger partial charge in [-0.1, -0.05) is 11.6 Å². The zero-order valence-electron chi connectivity index (χ0n) is 15.5. The molecule has 1 aromatic heterocycles. The Bertz CT molecular complexity index is 987. The molecule has 2 aliphatic heterocycles. The standard InChI is InChI=1S/C20H21ClN2O5/c1-27-6-3-7-28-18-10-16-12(8-14(18)21)15-9-17(24)13(20(25)26)11-23(15)19-4-2-5-22(16)19/h8-11,19H,2-7H2,1H3,(H,25,26). The van der Waals surface area contributed by atoms with Crippen LogP contribution in [0.15, 0.2) is 29.2 Å². The highest BCUT2D eigenvalue weighted by Crippen LogP contribution is 2.47. The summed E-state index contributed by atoms with van der Waals surface area (Å²) in [6, 6.07) is 5.11. The lowest BCUT2D eigenvalue weighted by Crippen LogP contribution is -2.34. The van der Waals surface area contributed by atoms with Crippen LogP contribution < -0.4 is 15.1 Å². The van der Waals surface area contributed by atoms with Crippen molar-refractivity contribution in [3.8, 4) is 17.0 Å². The van der Waals surface area contributed by atoms with Crippen molar-refractivity contribution in [2.45, 2.75) is 25.4 Å². The Morgan fingerprint density at radius 2 is 2.14 bits per heavy atom. The molecule has 1 unspecified atom stereocenters. The Kier molecular flexibility index (Phi) is 5.03. The molecule has 28 heavy (non-hydrogen) atoms. The summed E-state index contributed by atoms with van der Waals surface area (Å²) >= 11 is 6.45. The van der Waals surface area contributed by atoms with Crippen molar-refractivity contribution in [1.29, 1.82) is 0 Å². The highest BCUT2D eigenvalue weighted by molar-refractivity contribution is 6.32. The molecular formula is C20H21ClN2O5. The summed E-state index contributed by atoms with van der Waals surface area (Å²) < 4.78 is 12.8. The number of carboxylic acid groups (broad SMARTS) is 1. The zero-order valence-corrected chi connectivity index (χ0v) is 16.2. The highest BCUT2D eigenvalue weighted by Gasteiger charge is 2.35. The molecule has 2 aromatic rings. The fourth-order valence-corrected chi connectivity index (χ4v) is 4.19.